The lowest BCUT2D eigenvalue weighted by Crippen LogP contribution is -2.52. The molecule has 0 bridgehead atoms. The van der Waals surface area contributed by atoms with Gasteiger partial charge in [-0.1, -0.05) is 0 Å². The third kappa shape index (κ3) is 5.64. The zero-order chi connectivity index (χ0) is 10.4. The maximum absolute atomic E-state index is 11.5. The minimum atomic E-state index is 0. The van der Waals surface area contributed by atoms with Crippen molar-refractivity contribution in [2.45, 2.75) is 31.7 Å². The fraction of sp³-hybridized carbons (Fsp3) is 0.900. The Morgan fingerprint density at radius 2 is 2.07 bits per heavy atom. The van der Waals surface area contributed by atoms with Crippen LogP contribution in [0, 0.1) is 0 Å². The van der Waals surface area contributed by atoms with Crippen LogP contribution in [0.25, 0.3) is 0 Å². The molecule has 0 aliphatic carbocycles. The van der Waals surface area contributed by atoms with Gasteiger partial charge in [0.05, 0.1) is 0 Å². The monoisotopic (exact) mass is 252 g/mol. The molecule has 0 radical (unpaired) electrons. The molecule has 0 spiro atoms. The van der Waals surface area contributed by atoms with Gasteiger partial charge in [0.1, 0.15) is 0 Å². The van der Waals surface area contributed by atoms with Gasteiger partial charge in [-0.15, -0.1) is 12.4 Å². The number of piperidine rings is 1. The van der Waals surface area contributed by atoms with Gasteiger partial charge in [0, 0.05) is 17.7 Å². The summed E-state index contributed by atoms with van der Waals surface area (Å²) in [6.45, 7) is 4.17. The Morgan fingerprint density at radius 1 is 1.47 bits per heavy atom. The molecule has 1 fully saturated rings. The van der Waals surface area contributed by atoms with Gasteiger partial charge in [0.15, 0.2) is 0 Å². The van der Waals surface area contributed by atoms with Crippen LogP contribution in [0.3, 0.4) is 0 Å². The van der Waals surface area contributed by atoms with Crippen molar-refractivity contribution < 1.29 is 4.79 Å². The molecule has 1 aliphatic rings. The molecule has 0 aromatic heterocycles. The van der Waals surface area contributed by atoms with Crippen LogP contribution in [0.4, 0.5) is 0 Å². The van der Waals surface area contributed by atoms with E-state index in [1.54, 1.807) is 11.8 Å². The van der Waals surface area contributed by atoms with Crippen LogP contribution in [0.1, 0.15) is 26.2 Å². The molecule has 0 saturated carbocycles. The van der Waals surface area contributed by atoms with Gasteiger partial charge >= 0.3 is 0 Å². The SMILES string of the molecule is CSCCC(=O)NC1(C)CCNCC1.Cl. The Morgan fingerprint density at radius 3 is 2.60 bits per heavy atom. The Hall–Kier alpha value is 0.0700. The number of nitrogens with one attached hydrogen (secondary N) is 2. The van der Waals surface area contributed by atoms with Crippen LogP contribution >= 0.6 is 24.2 Å². The third-order valence-electron chi connectivity index (χ3n) is 2.68. The lowest BCUT2D eigenvalue weighted by atomic mass is 9.90. The summed E-state index contributed by atoms with van der Waals surface area (Å²) in [6.07, 6.45) is 4.75. The topological polar surface area (TPSA) is 41.1 Å². The van der Waals surface area contributed by atoms with Gasteiger partial charge in [-0.05, 0) is 39.1 Å². The zero-order valence-corrected chi connectivity index (χ0v) is 11.1. The van der Waals surface area contributed by atoms with E-state index in [1.165, 1.54) is 0 Å². The molecule has 0 aromatic rings. The van der Waals surface area contributed by atoms with E-state index in [1.807, 2.05) is 6.26 Å². The Kier molecular flexibility index (Phi) is 7.40. The lowest BCUT2D eigenvalue weighted by molar-refractivity contribution is -0.122. The predicted molar refractivity (Wildman–Crippen MR) is 68.9 cm³/mol. The maximum atomic E-state index is 11.5. The first kappa shape index (κ1) is 15.1. The molecule has 3 nitrogen and oxygen atoms in total. The minimum absolute atomic E-state index is 0. The highest BCUT2D eigenvalue weighted by Gasteiger charge is 2.27. The van der Waals surface area contributed by atoms with Crippen molar-refractivity contribution >= 4 is 30.1 Å². The second kappa shape index (κ2) is 7.36. The Balaban J connectivity index is 0.00000196. The van der Waals surface area contributed by atoms with Crippen LogP contribution in [0.2, 0.25) is 0 Å². The van der Waals surface area contributed by atoms with E-state index >= 15 is 0 Å². The Bertz CT molecular complexity index is 196. The molecule has 0 unspecified atom stereocenters. The van der Waals surface area contributed by atoms with Crippen molar-refractivity contribution in [1.82, 2.24) is 10.6 Å². The molecule has 0 atom stereocenters. The number of rotatable bonds is 4. The second-order valence-corrected chi connectivity index (χ2v) is 5.09. The van der Waals surface area contributed by atoms with E-state index < -0.39 is 0 Å². The molecule has 1 aliphatic heterocycles. The molecule has 1 amide bonds. The molecule has 2 N–H and O–H groups in total. The molecule has 15 heavy (non-hydrogen) atoms. The third-order valence-corrected chi connectivity index (χ3v) is 3.29. The zero-order valence-electron chi connectivity index (χ0n) is 9.47. The average molecular weight is 253 g/mol. The Labute approximate surface area is 103 Å². The molecule has 1 saturated heterocycles. The minimum Gasteiger partial charge on any atom is -0.351 e. The quantitative estimate of drug-likeness (QED) is 0.795. The van der Waals surface area contributed by atoms with Gasteiger partial charge in [-0.3, -0.25) is 4.79 Å². The fourth-order valence-electron chi connectivity index (χ4n) is 1.70. The van der Waals surface area contributed by atoms with Crippen molar-refractivity contribution in [2.24, 2.45) is 0 Å². The number of halogens is 1. The van der Waals surface area contributed by atoms with Crippen molar-refractivity contribution in [3.05, 3.63) is 0 Å². The van der Waals surface area contributed by atoms with Crippen molar-refractivity contribution in [3.63, 3.8) is 0 Å². The summed E-state index contributed by atoms with van der Waals surface area (Å²) >= 11 is 1.72. The van der Waals surface area contributed by atoms with Crippen molar-refractivity contribution in [3.8, 4) is 0 Å². The van der Waals surface area contributed by atoms with Crippen LogP contribution in [-0.2, 0) is 4.79 Å². The molecular formula is C10H21ClN2OS. The molecule has 1 heterocycles. The first-order valence-corrected chi connectivity index (χ1v) is 6.56. The van der Waals surface area contributed by atoms with Crippen LogP contribution in [0.15, 0.2) is 0 Å². The van der Waals surface area contributed by atoms with Crippen molar-refractivity contribution in [1.29, 1.82) is 0 Å². The average Bonchev–Trinajstić information content (AvgIpc) is 2.15. The van der Waals surface area contributed by atoms with E-state index in [4.69, 9.17) is 0 Å². The second-order valence-electron chi connectivity index (χ2n) is 4.10. The van der Waals surface area contributed by atoms with Gasteiger partial charge in [-0.25, -0.2) is 0 Å². The number of carbonyl (C=O) groups excluding carboxylic acids is 1. The number of amides is 1. The maximum Gasteiger partial charge on any atom is 0.221 e. The summed E-state index contributed by atoms with van der Waals surface area (Å²) in [4.78, 5) is 11.5. The van der Waals surface area contributed by atoms with Gasteiger partial charge in [0.25, 0.3) is 0 Å². The molecule has 1 rings (SSSR count). The summed E-state index contributed by atoms with van der Waals surface area (Å²) in [5.74, 6) is 1.11. The highest BCUT2D eigenvalue weighted by Crippen LogP contribution is 2.17. The number of hydrogen-bond donors (Lipinski definition) is 2. The van der Waals surface area contributed by atoms with E-state index in [-0.39, 0.29) is 23.9 Å². The summed E-state index contributed by atoms with van der Waals surface area (Å²) < 4.78 is 0. The first-order valence-electron chi connectivity index (χ1n) is 5.17. The lowest BCUT2D eigenvalue weighted by Gasteiger charge is -2.35. The summed E-state index contributed by atoms with van der Waals surface area (Å²) in [5, 5.41) is 6.44. The number of thioether (sulfide) groups is 1. The van der Waals surface area contributed by atoms with E-state index in [9.17, 15) is 4.79 Å². The summed E-state index contributed by atoms with van der Waals surface area (Å²) in [5.41, 5.74) is 0.0285. The largest absolute Gasteiger partial charge is 0.351 e. The number of carbonyl (C=O) groups is 1. The first-order chi connectivity index (χ1) is 6.66. The smallest absolute Gasteiger partial charge is 0.221 e. The molecule has 0 aromatic carbocycles. The highest BCUT2D eigenvalue weighted by atomic mass is 35.5. The summed E-state index contributed by atoms with van der Waals surface area (Å²) in [6, 6.07) is 0. The molecular weight excluding hydrogens is 232 g/mol. The predicted octanol–water partition coefficient (Wildman–Crippen LogP) is 1.42. The fourth-order valence-corrected chi connectivity index (χ4v) is 2.09. The van der Waals surface area contributed by atoms with E-state index in [0.29, 0.717) is 6.42 Å². The van der Waals surface area contributed by atoms with Crippen molar-refractivity contribution in [2.75, 3.05) is 25.1 Å². The van der Waals surface area contributed by atoms with Gasteiger partial charge in [0.2, 0.25) is 5.91 Å². The van der Waals surface area contributed by atoms with Crippen LogP contribution in [0.5, 0.6) is 0 Å². The molecule has 5 heteroatoms. The van der Waals surface area contributed by atoms with Crippen LogP contribution < -0.4 is 10.6 Å². The van der Waals surface area contributed by atoms with E-state index in [0.717, 1.165) is 31.7 Å². The molecule has 90 valence electrons. The number of hydrogen-bond acceptors (Lipinski definition) is 3. The highest BCUT2D eigenvalue weighted by molar-refractivity contribution is 7.98. The van der Waals surface area contributed by atoms with E-state index in [2.05, 4.69) is 17.6 Å². The van der Waals surface area contributed by atoms with Gasteiger partial charge < -0.3 is 10.6 Å². The van der Waals surface area contributed by atoms with Crippen LogP contribution in [-0.4, -0.2) is 36.5 Å². The van der Waals surface area contributed by atoms with Gasteiger partial charge in [-0.2, -0.15) is 11.8 Å². The standard InChI is InChI=1S/C10H20N2OS.ClH/c1-10(4-6-11-7-5-10)12-9(13)3-8-14-2;/h11H,3-8H2,1-2H3,(H,12,13);1H. The normalized spacial score (nSPS) is 19.1. The summed E-state index contributed by atoms with van der Waals surface area (Å²) in [7, 11) is 0.